The van der Waals surface area contributed by atoms with E-state index in [0.29, 0.717) is 23.3 Å². The molecule has 0 heterocycles. The van der Waals surface area contributed by atoms with Gasteiger partial charge in [0.2, 0.25) is 5.91 Å². The normalized spacial score (nSPS) is 11.8. The number of nitrogens with one attached hydrogen (secondary N) is 1. The predicted molar refractivity (Wildman–Crippen MR) is 128 cm³/mol. The molecule has 0 aromatic heterocycles. The number of rotatable bonds is 7. The molecule has 192 valence electrons. The van der Waals surface area contributed by atoms with Crippen molar-refractivity contribution < 1.29 is 35.5 Å². The number of carbonyl (C=O) groups excluding carboxylic acids is 1. The molecule has 12 heteroatoms. The standard InChI is InChI=1S/C24H21ClF4N2O4S/c1-14-4-9-21(35-3)22(10-14)36(33,34)31(17-7-5-15(2)19(25)12-17)13-23(32)30-16-6-8-20(26)18(11-16)24(27,28)29/h4-12H,13H2,1-3H3,(H,30,32). The Labute approximate surface area is 210 Å². The van der Waals surface area contributed by atoms with Crippen molar-refractivity contribution in [1.82, 2.24) is 0 Å². The van der Waals surface area contributed by atoms with E-state index in [4.69, 9.17) is 16.3 Å². The largest absolute Gasteiger partial charge is 0.495 e. The summed E-state index contributed by atoms with van der Waals surface area (Å²) in [5.41, 5.74) is -0.631. The van der Waals surface area contributed by atoms with Crippen molar-refractivity contribution in [2.24, 2.45) is 0 Å². The van der Waals surface area contributed by atoms with Gasteiger partial charge in [-0.3, -0.25) is 9.10 Å². The molecule has 0 saturated carbocycles. The van der Waals surface area contributed by atoms with Gasteiger partial charge in [0.1, 0.15) is 23.0 Å². The summed E-state index contributed by atoms with van der Waals surface area (Å²) in [6, 6.07) is 10.7. The maximum atomic E-state index is 13.7. The lowest BCUT2D eigenvalue weighted by molar-refractivity contribution is -0.140. The van der Waals surface area contributed by atoms with Crippen LogP contribution in [-0.4, -0.2) is 28.0 Å². The highest BCUT2D eigenvalue weighted by atomic mass is 35.5. The van der Waals surface area contributed by atoms with Gasteiger partial charge < -0.3 is 10.1 Å². The molecule has 0 aliphatic heterocycles. The smallest absolute Gasteiger partial charge is 0.419 e. The Balaban J connectivity index is 2.04. The number of nitrogens with zero attached hydrogens (tertiary/aromatic N) is 1. The average Bonchev–Trinajstić information content (AvgIpc) is 2.79. The molecule has 0 spiro atoms. The van der Waals surface area contributed by atoms with Crippen molar-refractivity contribution in [3.63, 3.8) is 0 Å². The van der Waals surface area contributed by atoms with Gasteiger partial charge in [-0.25, -0.2) is 12.8 Å². The van der Waals surface area contributed by atoms with Gasteiger partial charge in [0.25, 0.3) is 10.0 Å². The highest BCUT2D eigenvalue weighted by Crippen LogP contribution is 2.34. The number of amides is 1. The average molecular weight is 545 g/mol. The van der Waals surface area contributed by atoms with Gasteiger partial charge in [0.15, 0.2) is 0 Å². The number of ether oxygens (including phenoxy) is 1. The van der Waals surface area contributed by atoms with E-state index in [1.165, 1.54) is 31.4 Å². The first kappa shape index (κ1) is 27.3. The van der Waals surface area contributed by atoms with E-state index in [1.54, 1.807) is 26.0 Å². The van der Waals surface area contributed by atoms with Crippen molar-refractivity contribution in [3.8, 4) is 5.75 Å². The Kier molecular flexibility index (Phi) is 7.85. The molecule has 0 aliphatic rings. The van der Waals surface area contributed by atoms with E-state index in [2.05, 4.69) is 5.32 Å². The molecule has 0 fully saturated rings. The van der Waals surface area contributed by atoms with Crippen LogP contribution in [0, 0.1) is 19.7 Å². The lowest BCUT2D eigenvalue weighted by Gasteiger charge is -2.25. The van der Waals surface area contributed by atoms with Crippen LogP contribution in [-0.2, 0) is 21.0 Å². The fraction of sp³-hybridized carbons (Fsp3) is 0.208. The second kappa shape index (κ2) is 10.4. The van der Waals surface area contributed by atoms with E-state index in [9.17, 15) is 30.8 Å². The van der Waals surface area contributed by atoms with Crippen LogP contribution in [0.4, 0.5) is 28.9 Å². The number of halogens is 5. The van der Waals surface area contributed by atoms with Gasteiger partial charge in [-0.15, -0.1) is 0 Å². The van der Waals surface area contributed by atoms with Crippen LogP contribution in [0.3, 0.4) is 0 Å². The summed E-state index contributed by atoms with van der Waals surface area (Å²) < 4.78 is 86.1. The van der Waals surface area contributed by atoms with Crippen molar-refractivity contribution in [2.75, 3.05) is 23.3 Å². The monoisotopic (exact) mass is 544 g/mol. The number of anilines is 2. The number of aryl methyl sites for hydroxylation is 2. The number of sulfonamides is 1. The van der Waals surface area contributed by atoms with Crippen molar-refractivity contribution >= 4 is 38.9 Å². The van der Waals surface area contributed by atoms with Crippen LogP contribution in [0.15, 0.2) is 59.5 Å². The zero-order valence-electron chi connectivity index (χ0n) is 19.3. The molecule has 0 radical (unpaired) electrons. The van der Waals surface area contributed by atoms with Crippen molar-refractivity contribution in [1.29, 1.82) is 0 Å². The van der Waals surface area contributed by atoms with Crippen LogP contribution in [0.5, 0.6) is 5.75 Å². The molecule has 1 N–H and O–H groups in total. The van der Waals surface area contributed by atoms with Crippen LogP contribution in [0.2, 0.25) is 5.02 Å². The topological polar surface area (TPSA) is 75.7 Å². The van der Waals surface area contributed by atoms with Crippen LogP contribution in [0.25, 0.3) is 0 Å². The molecule has 0 unspecified atom stereocenters. The first-order valence-corrected chi connectivity index (χ1v) is 12.2. The number of hydrogen-bond acceptors (Lipinski definition) is 4. The van der Waals surface area contributed by atoms with E-state index in [1.807, 2.05) is 0 Å². The lowest BCUT2D eigenvalue weighted by Crippen LogP contribution is -2.38. The first-order chi connectivity index (χ1) is 16.7. The molecular weight excluding hydrogens is 524 g/mol. The van der Waals surface area contributed by atoms with Crippen molar-refractivity contribution in [2.45, 2.75) is 24.9 Å². The summed E-state index contributed by atoms with van der Waals surface area (Å²) in [4.78, 5) is 12.6. The van der Waals surface area contributed by atoms with Gasteiger partial charge >= 0.3 is 6.18 Å². The molecule has 36 heavy (non-hydrogen) atoms. The second-order valence-corrected chi connectivity index (χ2v) is 10.1. The quantitative estimate of drug-likeness (QED) is 0.373. The van der Waals surface area contributed by atoms with E-state index >= 15 is 0 Å². The van der Waals surface area contributed by atoms with E-state index in [0.717, 1.165) is 10.4 Å². The number of alkyl halides is 3. The Morgan fingerprint density at radius 2 is 1.75 bits per heavy atom. The van der Waals surface area contributed by atoms with Crippen LogP contribution in [0.1, 0.15) is 16.7 Å². The van der Waals surface area contributed by atoms with Gasteiger partial charge in [0, 0.05) is 10.7 Å². The highest BCUT2D eigenvalue weighted by molar-refractivity contribution is 7.93. The minimum Gasteiger partial charge on any atom is -0.495 e. The minimum atomic E-state index is -4.99. The number of methoxy groups -OCH3 is 1. The highest BCUT2D eigenvalue weighted by Gasteiger charge is 2.35. The summed E-state index contributed by atoms with van der Waals surface area (Å²) in [6.45, 7) is 2.55. The Morgan fingerprint density at radius 3 is 2.36 bits per heavy atom. The van der Waals surface area contributed by atoms with Gasteiger partial charge in [0.05, 0.1) is 18.4 Å². The fourth-order valence-corrected chi connectivity index (χ4v) is 5.14. The summed E-state index contributed by atoms with van der Waals surface area (Å²) >= 11 is 6.19. The molecular formula is C24H21ClF4N2O4S. The lowest BCUT2D eigenvalue weighted by atomic mass is 10.2. The van der Waals surface area contributed by atoms with Crippen LogP contribution >= 0.6 is 11.6 Å². The summed E-state index contributed by atoms with van der Waals surface area (Å²) in [5, 5.41) is 2.43. The Hall–Kier alpha value is -3.31. The van der Waals surface area contributed by atoms with Crippen molar-refractivity contribution in [3.05, 3.63) is 82.1 Å². The predicted octanol–water partition coefficient (Wildman–Crippen LogP) is 5.96. The molecule has 0 bridgehead atoms. The summed E-state index contributed by atoms with van der Waals surface area (Å²) in [7, 11) is -3.14. The molecule has 3 rings (SSSR count). The van der Waals surface area contributed by atoms with E-state index < -0.39 is 40.0 Å². The fourth-order valence-electron chi connectivity index (χ4n) is 3.31. The van der Waals surface area contributed by atoms with Gasteiger partial charge in [-0.05, 0) is 67.4 Å². The van der Waals surface area contributed by atoms with Crippen LogP contribution < -0.4 is 14.4 Å². The number of carbonyl (C=O) groups is 1. The zero-order chi connectivity index (χ0) is 26.8. The first-order valence-electron chi connectivity index (χ1n) is 10.3. The second-order valence-electron chi connectivity index (χ2n) is 7.84. The Morgan fingerprint density at radius 1 is 1.06 bits per heavy atom. The minimum absolute atomic E-state index is 0.0255. The zero-order valence-corrected chi connectivity index (χ0v) is 20.9. The van der Waals surface area contributed by atoms with E-state index in [-0.39, 0.29) is 27.0 Å². The maximum absolute atomic E-state index is 13.7. The molecule has 3 aromatic rings. The molecule has 3 aromatic carbocycles. The van der Waals surface area contributed by atoms with Gasteiger partial charge in [-0.2, -0.15) is 13.2 Å². The SMILES string of the molecule is COc1ccc(C)cc1S(=O)(=O)N(CC(=O)Nc1ccc(F)c(C(F)(F)F)c1)c1ccc(C)c(Cl)c1. The molecule has 1 amide bonds. The third-order valence-corrected chi connectivity index (χ3v) is 7.38. The summed E-state index contributed by atoms with van der Waals surface area (Å²) in [5.74, 6) is -2.45. The summed E-state index contributed by atoms with van der Waals surface area (Å²) in [6.07, 6.45) is -4.99. The molecule has 0 saturated heterocycles. The number of benzene rings is 3. The van der Waals surface area contributed by atoms with Gasteiger partial charge in [-0.1, -0.05) is 23.7 Å². The third-order valence-electron chi connectivity index (χ3n) is 5.17. The third kappa shape index (κ3) is 5.90. The Bertz CT molecular complexity index is 1410. The molecule has 6 nitrogen and oxygen atoms in total. The number of hydrogen-bond donors (Lipinski definition) is 1. The molecule has 0 aliphatic carbocycles. The molecule has 0 atom stereocenters. The maximum Gasteiger partial charge on any atom is 0.419 e.